The summed E-state index contributed by atoms with van der Waals surface area (Å²) in [6.07, 6.45) is 1.51. The Morgan fingerprint density at radius 2 is 2.14 bits per heavy atom. The van der Waals surface area contributed by atoms with Gasteiger partial charge >= 0.3 is 0 Å². The van der Waals surface area contributed by atoms with Crippen molar-refractivity contribution in [2.24, 2.45) is 7.05 Å². The van der Waals surface area contributed by atoms with Crippen LogP contribution in [-0.4, -0.2) is 34.1 Å². The highest BCUT2D eigenvalue weighted by Crippen LogP contribution is 2.25. The molecule has 0 fully saturated rings. The van der Waals surface area contributed by atoms with Crippen LogP contribution in [0.15, 0.2) is 12.1 Å². The minimum absolute atomic E-state index is 0.0148. The molecular formula is C14H20ClN5O. The largest absolute Gasteiger partial charge is 0.480 e. The van der Waals surface area contributed by atoms with Crippen LogP contribution in [0.5, 0.6) is 5.88 Å². The summed E-state index contributed by atoms with van der Waals surface area (Å²) in [5, 5.41) is 16.6. The van der Waals surface area contributed by atoms with Crippen molar-refractivity contribution in [1.82, 2.24) is 25.3 Å². The van der Waals surface area contributed by atoms with Gasteiger partial charge in [-0.2, -0.15) is 10.2 Å². The van der Waals surface area contributed by atoms with Gasteiger partial charge in [0.2, 0.25) is 5.88 Å². The van der Waals surface area contributed by atoms with E-state index in [1.807, 2.05) is 31.8 Å². The molecular weight excluding hydrogens is 290 g/mol. The summed E-state index contributed by atoms with van der Waals surface area (Å²) in [7, 11) is 5.37. The number of nitrogens with zero attached hydrogens (tertiary/aromatic N) is 4. The average Bonchev–Trinajstić information content (AvgIpc) is 2.79. The lowest BCUT2D eigenvalue weighted by Gasteiger charge is -2.15. The monoisotopic (exact) mass is 309 g/mol. The van der Waals surface area contributed by atoms with E-state index in [1.54, 1.807) is 13.2 Å². The average molecular weight is 310 g/mol. The Labute approximate surface area is 129 Å². The number of methoxy groups -OCH3 is 1. The summed E-state index contributed by atoms with van der Waals surface area (Å²) in [4.78, 5) is 0. The van der Waals surface area contributed by atoms with Gasteiger partial charge in [-0.05, 0) is 19.5 Å². The smallest absolute Gasteiger partial charge is 0.233 e. The molecule has 1 unspecified atom stereocenters. The number of aromatic nitrogens is 4. The highest BCUT2D eigenvalue weighted by Gasteiger charge is 2.19. The molecule has 2 aromatic rings. The molecule has 21 heavy (non-hydrogen) atoms. The van der Waals surface area contributed by atoms with Crippen molar-refractivity contribution < 1.29 is 4.74 Å². The Bertz CT molecular complexity index is 596. The molecule has 1 N–H and O–H groups in total. The molecule has 0 saturated carbocycles. The van der Waals surface area contributed by atoms with Crippen molar-refractivity contribution in [2.75, 3.05) is 14.2 Å². The predicted molar refractivity (Wildman–Crippen MR) is 81.7 cm³/mol. The fraction of sp³-hybridized carbons (Fsp3) is 0.500. The number of nitrogens with one attached hydrogen (secondary N) is 1. The first kappa shape index (κ1) is 15.7. The third kappa shape index (κ3) is 3.33. The van der Waals surface area contributed by atoms with Gasteiger partial charge in [-0.3, -0.25) is 4.68 Å². The molecule has 1 atom stereocenters. The molecule has 0 aliphatic carbocycles. The fourth-order valence-electron chi connectivity index (χ4n) is 2.21. The second kappa shape index (κ2) is 6.87. The Morgan fingerprint density at radius 3 is 2.62 bits per heavy atom. The van der Waals surface area contributed by atoms with Gasteiger partial charge in [-0.1, -0.05) is 18.5 Å². The van der Waals surface area contributed by atoms with Crippen molar-refractivity contribution in [1.29, 1.82) is 0 Å². The van der Waals surface area contributed by atoms with E-state index in [0.717, 1.165) is 28.5 Å². The number of rotatable bonds is 6. The fourth-order valence-corrected chi connectivity index (χ4v) is 2.59. The number of hydrogen-bond acceptors (Lipinski definition) is 5. The maximum absolute atomic E-state index is 6.40. The number of hydrogen-bond donors (Lipinski definition) is 1. The molecule has 2 aromatic heterocycles. The van der Waals surface area contributed by atoms with Crippen molar-refractivity contribution >= 4 is 11.6 Å². The molecule has 0 spiro atoms. The Morgan fingerprint density at radius 1 is 1.38 bits per heavy atom. The van der Waals surface area contributed by atoms with Crippen LogP contribution in [0.3, 0.4) is 0 Å². The predicted octanol–water partition coefficient (Wildman–Crippen LogP) is 1.94. The normalized spacial score (nSPS) is 12.4. The highest BCUT2D eigenvalue weighted by molar-refractivity contribution is 6.31. The van der Waals surface area contributed by atoms with Crippen molar-refractivity contribution in [2.45, 2.75) is 25.8 Å². The van der Waals surface area contributed by atoms with E-state index >= 15 is 0 Å². The van der Waals surface area contributed by atoms with Gasteiger partial charge in [-0.15, -0.1) is 5.10 Å². The van der Waals surface area contributed by atoms with Crippen molar-refractivity contribution in [3.63, 3.8) is 0 Å². The van der Waals surface area contributed by atoms with Crippen LogP contribution in [0.2, 0.25) is 5.02 Å². The zero-order chi connectivity index (χ0) is 15.4. The summed E-state index contributed by atoms with van der Waals surface area (Å²) in [6.45, 7) is 2.04. The third-order valence-corrected chi connectivity index (χ3v) is 3.91. The van der Waals surface area contributed by atoms with E-state index in [2.05, 4.69) is 20.6 Å². The van der Waals surface area contributed by atoms with E-state index < -0.39 is 0 Å². The minimum Gasteiger partial charge on any atom is -0.480 e. The van der Waals surface area contributed by atoms with Crippen LogP contribution in [0, 0.1) is 0 Å². The summed E-state index contributed by atoms with van der Waals surface area (Å²) in [5.74, 6) is 0.500. The topological polar surface area (TPSA) is 64.9 Å². The molecule has 0 aromatic carbocycles. The summed E-state index contributed by atoms with van der Waals surface area (Å²) in [5.41, 5.74) is 2.75. The maximum Gasteiger partial charge on any atom is 0.233 e. The zero-order valence-electron chi connectivity index (χ0n) is 12.7. The molecule has 0 amide bonds. The van der Waals surface area contributed by atoms with Crippen LogP contribution < -0.4 is 10.1 Å². The third-order valence-electron chi connectivity index (χ3n) is 3.48. The highest BCUT2D eigenvalue weighted by atomic mass is 35.5. The maximum atomic E-state index is 6.40. The lowest BCUT2D eigenvalue weighted by Crippen LogP contribution is -2.21. The van der Waals surface area contributed by atoms with Crippen LogP contribution in [-0.2, 0) is 19.9 Å². The second-order valence-corrected chi connectivity index (χ2v) is 5.11. The SMILES string of the molecule is CCc1nn(C)c(CC(NC)c2ccc(OC)nn2)c1Cl. The van der Waals surface area contributed by atoms with Crippen molar-refractivity contribution in [3.05, 3.63) is 34.2 Å². The lowest BCUT2D eigenvalue weighted by molar-refractivity contribution is 0.389. The second-order valence-electron chi connectivity index (χ2n) is 4.73. The first-order valence-electron chi connectivity index (χ1n) is 6.85. The number of likely N-dealkylation sites (N-methyl/N-ethyl adjacent to an activating group) is 1. The van der Waals surface area contributed by atoms with Crippen molar-refractivity contribution in [3.8, 4) is 5.88 Å². The van der Waals surface area contributed by atoms with Gasteiger partial charge in [0, 0.05) is 19.5 Å². The van der Waals surface area contributed by atoms with Gasteiger partial charge in [0.1, 0.15) is 0 Å². The molecule has 2 rings (SSSR count). The number of ether oxygens (including phenoxy) is 1. The van der Waals surface area contributed by atoms with Gasteiger partial charge in [0.05, 0.1) is 35.3 Å². The molecule has 2 heterocycles. The lowest BCUT2D eigenvalue weighted by atomic mass is 10.1. The van der Waals surface area contributed by atoms with Gasteiger partial charge in [0.15, 0.2) is 0 Å². The molecule has 0 radical (unpaired) electrons. The van der Waals surface area contributed by atoms with Gasteiger partial charge in [0.25, 0.3) is 0 Å². The Kier molecular flexibility index (Phi) is 5.14. The molecule has 0 saturated heterocycles. The molecule has 0 aliphatic rings. The number of halogens is 1. The molecule has 0 aliphatic heterocycles. The zero-order valence-corrected chi connectivity index (χ0v) is 13.5. The Hall–Kier alpha value is -1.66. The molecule has 114 valence electrons. The molecule has 6 nitrogen and oxygen atoms in total. The summed E-state index contributed by atoms with van der Waals surface area (Å²) >= 11 is 6.40. The van der Waals surface area contributed by atoms with E-state index in [-0.39, 0.29) is 6.04 Å². The Balaban J connectivity index is 2.24. The first-order valence-corrected chi connectivity index (χ1v) is 7.23. The van der Waals surface area contributed by atoms with Crippen LogP contribution in [0.4, 0.5) is 0 Å². The van der Waals surface area contributed by atoms with E-state index in [0.29, 0.717) is 12.3 Å². The standard InChI is InChI=1S/C14H20ClN5O/c1-5-9-14(15)12(20(3)19-9)8-11(16-2)10-6-7-13(21-4)18-17-10/h6-7,11,16H,5,8H2,1-4H3. The van der Waals surface area contributed by atoms with E-state index in [1.165, 1.54) is 0 Å². The van der Waals surface area contributed by atoms with Crippen LogP contribution >= 0.6 is 11.6 Å². The summed E-state index contributed by atoms with van der Waals surface area (Å²) in [6, 6.07) is 3.72. The molecule has 7 heteroatoms. The quantitative estimate of drug-likeness (QED) is 0.883. The van der Waals surface area contributed by atoms with E-state index in [9.17, 15) is 0 Å². The van der Waals surface area contributed by atoms with Gasteiger partial charge in [-0.25, -0.2) is 0 Å². The van der Waals surface area contributed by atoms with Gasteiger partial charge < -0.3 is 10.1 Å². The van der Waals surface area contributed by atoms with Crippen LogP contribution in [0.25, 0.3) is 0 Å². The first-order chi connectivity index (χ1) is 10.1. The minimum atomic E-state index is 0.0148. The number of aryl methyl sites for hydroxylation is 2. The van der Waals surface area contributed by atoms with E-state index in [4.69, 9.17) is 16.3 Å². The van der Waals surface area contributed by atoms with Crippen LogP contribution in [0.1, 0.15) is 30.0 Å². The molecule has 0 bridgehead atoms. The summed E-state index contributed by atoms with van der Waals surface area (Å²) < 4.78 is 6.86.